The van der Waals surface area contributed by atoms with Crippen molar-refractivity contribution in [2.24, 2.45) is 5.73 Å². The van der Waals surface area contributed by atoms with E-state index in [4.69, 9.17) is 10.5 Å². The first-order valence-corrected chi connectivity index (χ1v) is 10.6. The molecule has 0 spiro atoms. The van der Waals surface area contributed by atoms with Gasteiger partial charge in [0.15, 0.2) is 0 Å². The van der Waals surface area contributed by atoms with E-state index in [1.807, 2.05) is 0 Å². The summed E-state index contributed by atoms with van der Waals surface area (Å²) in [7, 11) is -7.96. The van der Waals surface area contributed by atoms with Crippen LogP contribution in [0.5, 0.6) is 5.75 Å². The lowest BCUT2D eigenvalue weighted by Gasteiger charge is -2.19. The highest BCUT2D eigenvalue weighted by Crippen LogP contribution is 2.23. The van der Waals surface area contributed by atoms with Crippen LogP contribution in [0.25, 0.3) is 0 Å². The molecule has 1 aromatic carbocycles. The van der Waals surface area contributed by atoms with Gasteiger partial charge in [-0.1, -0.05) is 0 Å². The Morgan fingerprint density at radius 1 is 1.16 bits per heavy atom. The molecule has 0 aromatic heterocycles. The lowest BCUT2D eigenvalue weighted by atomic mass is 10.3. The number of nitrogens with one attached hydrogen (secondary N) is 1. The molecule has 25 heavy (non-hydrogen) atoms. The molecule has 1 unspecified atom stereocenters. The molecule has 12 heteroatoms. The molecule has 0 aliphatic carbocycles. The summed E-state index contributed by atoms with van der Waals surface area (Å²) in [5.74, 6) is 0.0987. The molecule has 1 atom stereocenters. The van der Waals surface area contributed by atoms with Gasteiger partial charge < -0.3 is 15.8 Å². The number of carbonyl (C=O) groups is 1. The summed E-state index contributed by atoms with van der Waals surface area (Å²) in [5, 5.41) is 2.57. The van der Waals surface area contributed by atoms with Crippen LogP contribution in [0.1, 0.15) is 6.92 Å². The summed E-state index contributed by atoms with van der Waals surface area (Å²) >= 11 is 0. The Kier molecular flexibility index (Phi) is 8.65. The second kappa shape index (κ2) is 9.22. The predicted molar refractivity (Wildman–Crippen MR) is 98.0 cm³/mol. The monoisotopic (exact) mass is 415 g/mol. The standard InChI is InChI=1S/C13H21N3O6S2.ClH/c1-10(14)13(17)15-8-9-22-12-6-4-11(5-7-12)16(23(2,18)19)24(3,20)21;/h4-7,10H,8-9,14H2,1-3H3,(H,15,17);1H. The highest BCUT2D eigenvalue weighted by Gasteiger charge is 2.27. The Labute approximate surface area is 154 Å². The molecule has 1 amide bonds. The number of hydrogen-bond acceptors (Lipinski definition) is 7. The molecule has 1 rings (SSSR count). The molecule has 9 nitrogen and oxygen atoms in total. The number of halogens is 1. The lowest BCUT2D eigenvalue weighted by molar-refractivity contribution is -0.122. The quantitative estimate of drug-likeness (QED) is 0.555. The Morgan fingerprint density at radius 3 is 2.04 bits per heavy atom. The molecule has 0 aliphatic rings. The van der Waals surface area contributed by atoms with Gasteiger partial charge in [0.05, 0.1) is 30.8 Å². The van der Waals surface area contributed by atoms with Crippen molar-refractivity contribution >= 4 is 44.0 Å². The maximum atomic E-state index is 11.7. The molecule has 1 aromatic rings. The van der Waals surface area contributed by atoms with E-state index in [1.54, 1.807) is 6.92 Å². The van der Waals surface area contributed by atoms with Crippen molar-refractivity contribution in [3.63, 3.8) is 0 Å². The fourth-order valence-electron chi connectivity index (χ4n) is 1.80. The smallest absolute Gasteiger partial charge is 0.245 e. The SMILES string of the molecule is CC(N)C(=O)NCCOc1ccc(N(S(C)(=O)=O)S(C)(=O)=O)cc1.Cl. The third-order valence-electron chi connectivity index (χ3n) is 2.73. The average Bonchev–Trinajstić information content (AvgIpc) is 2.41. The van der Waals surface area contributed by atoms with E-state index in [-0.39, 0.29) is 37.2 Å². The van der Waals surface area contributed by atoms with Crippen molar-refractivity contribution in [1.82, 2.24) is 5.32 Å². The van der Waals surface area contributed by atoms with Gasteiger partial charge in [0.25, 0.3) is 0 Å². The third kappa shape index (κ3) is 7.46. The molecule has 0 radical (unpaired) electrons. The fraction of sp³-hybridized carbons (Fsp3) is 0.462. The zero-order valence-electron chi connectivity index (χ0n) is 14.0. The van der Waals surface area contributed by atoms with E-state index in [9.17, 15) is 21.6 Å². The summed E-state index contributed by atoms with van der Waals surface area (Å²) in [6.45, 7) is 1.99. The van der Waals surface area contributed by atoms with Crippen LogP contribution in [0.4, 0.5) is 5.69 Å². The van der Waals surface area contributed by atoms with Gasteiger partial charge >= 0.3 is 0 Å². The second-order valence-corrected chi connectivity index (χ2v) is 9.04. The topological polar surface area (TPSA) is 136 Å². The van der Waals surface area contributed by atoms with E-state index in [2.05, 4.69) is 5.32 Å². The van der Waals surface area contributed by atoms with Crippen LogP contribution in [-0.4, -0.2) is 54.4 Å². The number of nitrogens with two attached hydrogens (primary N) is 1. The van der Waals surface area contributed by atoms with Crippen LogP contribution in [-0.2, 0) is 24.8 Å². The van der Waals surface area contributed by atoms with Gasteiger partial charge in [-0.15, -0.1) is 12.4 Å². The van der Waals surface area contributed by atoms with E-state index in [0.717, 1.165) is 12.5 Å². The number of benzene rings is 1. The van der Waals surface area contributed by atoms with Gasteiger partial charge in [-0.2, -0.15) is 3.71 Å². The van der Waals surface area contributed by atoms with Crippen LogP contribution in [0.2, 0.25) is 0 Å². The minimum absolute atomic E-state index is 0. The molecular formula is C13H22ClN3O6S2. The molecule has 144 valence electrons. The number of carbonyl (C=O) groups excluding carboxylic acids is 1. The molecule has 0 bridgehead atoms. The zero-order valence-corrected chi connectivity index (χ0v) is 16.4. The first kappa shape index (κ1) is 23.4. The molecule has 0 aliphatic heterocycles. The van der Waals surface area contributed by atoms with Crippen LogP contribution in [0, 0.1) is 0 Å². The highest BCUT2D eigenvalue weighted by atomic mass is 35.5. The van der Waals surface area contributed by atoms with Crippen molar-refractivity contribution in [3.8, 4) is 5.75 Å². The summed E-state index contributed by atoms with van der Waals surface area (Å²) < 4.78 is 52.3. The first-order chi connectivity index (χ1) is 10.9. The van der Waals surface area contributed by atoms with Crippen molar-refractivity contribution in [2.75, 3.05) is 29.4 Å². The largest absolute Gasteiger partial charge is 0.492 e. The first-order valence-electron chi connectivity index (χ1n) is 6.89. The summed E-state index contributed by atoms with van der Waals surface area (Å²) in [4.78, 5) is 11.3. The van der Waals surface area contributed by atoms with Gasteiger partial charge in [-0.3, -0.25) is 4.79 Å². The minimum atomic E-state index is -3.98. The van der Waals surface area contributed by atoms with Crippen LogP contribution in [0.3, 0.4) is 0 Å². The fourth-order valence-corrected chi connectivity index (χ4v) is 4.77. The van der Waals surface area contributed by atoms with E-state index < -0.39 is 26.1 Å². The van der Waals surface area contributed by atoms with E-state index in [0.29, 0.717) is 9.46 Å². The molecule has 3 N–H and O–H groups in total. The number of anilines is 1. The lowest BCUT2D eigenvalue weighted by Crippen LogP contribution is -2.40. The van der Waals surface area contributed by atoms with E-state index in [1.165, 1.54) is 24.3 Å². The predicted octanol–water partition coefficient (Wildman–Crippen LogP) is -0.324. The zero-order chi connectivity index (χ0) is 18.5. The third-order valence-corrected chi connectivity index (χ3v) is 5.98. The Bertz CT molecular complexity index is 746. The molecule has 0 saturated heterocycles. The van der Waals surface area contributed by atoms with Crippen LogP contribution >= 0.6 is 12.4 Å². The number of rotatable bonds is 8. The maximum Gasteiger partial charge on any atom is 0.245 e. The normalized spacial score (nSPS) is 12.6. The van der Waals surface area contributed by atoms with Crippen LogP contribution < -0.4 is 19.5 Å². The number of amides is 1. The highest BCUT2D eigenvalue weighted by molar-refractivity contribution is 8.09. The van der Waals surface area contributed by atoms with Crippen LogP contribution in [0.15, 0.2) is 24.3 Å². The van der Waals surface area contributed by atoms with Crippen molar-refractivity contribution in [1.29, 1.82) is 0 Å². The van der Waals surface area contributed by atoms with Gasteiger partial charge in [0, 0.05) is 0 Å². The number of nitrogens with zero attached hydrogens (tertiary/aromatic N) is 1. The molecule has 0 saturated carbocycles. The summed E-state index contributed by atoms with van der Waals surface area (Å²) in [5.41, 5.74) is 5.37. The molecule has 0 heterocycles. The Morgan fingerprint density at radius 2 is 1.64 bits per heavy atom. The maximum absolute atomic E-state index is 11.7. The second-order valence-electron chi connectivity index (χ2n) is 5.15. The van der Waals surface area contributed by atoms with Crippen molar-refractivity contribution < 1.29 is 26.4 Å². The number of ether oxygens (including phenoxy) is 1. The van der Waals surface area contributed by atoms with E-state index >= 15 is 0 Å². The van der Waals surface area contributed by atoms with Crippen molar-refractivity contribution in [2.45, 2.75) is 13.0 Å². The minimum Gasteiger partial charge on any atom is -0.492 e. The van der Waals surface area contributed by atoms with Gasteiger partial charge in [0.2, 0.25) is 26.0 Å². The van der Waals surface area contributed by atoms with Gasteiger partial charge in [0.1, 0.15) is 12.4 Å². The summed E-state index contributed by atoms with van der Waals surface area (Å²) in [6.07, 6.45) is 1.61. The Balaban J connectivity index is 0.00000576. The van der Waals surface area contributed by atoms with Gasteiger partial charge in [-0.05, 0) is 31.2 Å². The molecular weight excluding hydrogens is 394 g/mol. The Hall–Kier alpha value is -1.56. The van der Waals surface area contributed by atoms with Crippen molar-refractivity contribution in [3.05, 3.63) is 24.3 Å². The summed E-state index contributed by atoms with van der Waals surface area (Å²) in [6, 6.07) is 4.90. The average molecular weight is 416 g/mol. The number of hydrogen-bond donors (Lipinski definition) is 2. The van der Waals surface area contributed by atoms with Gasteiger partial charge in [-0.25, -0.2) is 16.8 Å². The number of sulfonamides is 2. The molecule has 0 fully saturated rings.